The van der Waals surface area contributed by atoms with E-state index in [1.807, 2.05) is 23.1 Å². The van der Waals surface area contributed by atoms with Crippen LogP contribution in [0.25, 0.3) is 0 Å². The minimum absolute atomic E-state index is 0.0828. The first-order chi connectivity index (χ1) is 14.8. The van der Waals surface area contributed by atoms with Gasteiger partial charge in [-0.1, -0.05) is 24.3 Å². The van der Waals surface area contributed by atoms with Crippen LogP contribution in [0.3, 0.4) is 0 Å². The van der Waals surface area contributed by atoms with Crippen LogP contribution in [0, 0.1) is 0 Å². The van der Waals surface area contributed by atoms with Crippen molar-refractivity contribution in [3.8, 4) is 0 Å². The molecule has 2 N–H and O–H groups in total. The van der Waals surface area contributed by atoms with Crippen LogP contribution in [0.4, 0.5) is 5.69 Å². The summed E-state index contributed by atoms with van der Waals surface area (Å²) in [6, 6.07) is 12.9. The summed E-state index contributed by atoms with van der Waals surface area (Å²) in [4.78, 5) is 23.0. The number of hydrogen-bond acceptors (Lipinski definition) is 4. The van der Waals surface area contributed by atoms with E-state index in [4.69, 9.17) is 0 Å². The molecule has 0 radical (unpaired) electrons. The first kappa shape index (κ1) is 20.9. The van der Waals surface area contributed by atoms with Crippen molar-refractivity contribution in [2.24, 2.45) is 4.99 Å². The zero-order valence-electron chi connectivity index (χ0n) is 17.6. The molecule has 3 heterocycles. The van der Waals surface area contributed by atoms with Gasteiger partial charge in [0.15, 0.2) is 5.96 Å². The molecule has 0 bridgehead atoms. The van der Waals surface area contributed by atoms with Crippen LogP contribution in [0.5, 0.6) is 0 Å². The Morgan fingerprint density at radius 3 is 2.70 bits per heavy atom. The minimum atomic E-state index is 0.0828. The Labute approximate surface area is 183 Å². The number of aliphatic imine (C=N–C) groups is 1. The molecule has 6 nitrogen and oxygen atoms in total. The van der Waals surface area contributed by atoms with Crippen LogP contribution in [0.15, 0.2) is 46.8 Å². The Kier molecular flexibility index (Phi) is 7.02. The van der Waals surface area contributed by atoms with E-state index < -0.39 is 0 Å². The maximum atomic E-state index is 12.9. The van der Waals surface area contributed by atoms with E-state index >= 15 is 0 Å². The first-order valence-corrected chi connectivity index (χ1v) is 11.7. The number of carbonyl (C=O) groups excluding carboxylic acids is 1. The molecule has 2 aromatic rings. The molecule has 4 rings (SSSR count). The molecule has 2 aliphatic rings. The fourth-order valence-corrected chi connectivity index (χ4v) is 5.27. The van der Waals surface area contributed by atoms with Gasteiger partial charge in [0.1, 0.15) is 0 Å². The number of anilines is 1. The van der Waals surface area contributed by atoms with E-state index in [1.54, 1.807) is 18.4 Å². The maximum absolute atomic E-state index is 12.9. The highest BCUT2D eigenvalue weighted by atomic mass is 32.1. The number of thiophene rings is 1. The number of likely N-dealkylation sites (tertiary alicyclic amines) is 1. The van der Waals surface area contributed by atoms with Gasteiger partial charge in [-0.3, -0.25) is 14.7 Å². The molecule has 0 aliphatic carbocycles. The van der Waals surface area contributed by atoms with Gasteiger partial charge in [-0.05, 0) is 61.8 Å². The summed E-state index contributed by atoms with van der Waals surface area (Å²) < 4.78 is 0. The fraction of sp³-hybridized carbons (Fsp3) is 0.478. The molecule has 1 fully saturated rings. The molecule has 1 saturated heterocycles. The van der Waals surface area contributed by atoms with E-state index in [0.717, 1.165) is 44.7 Å². The molecule has 1 aromatic carbocycles. The largest absolute Gasteiger partial charge is 0.354 e. The van der Waals surface area contributed by atoms with Gasteiger partial charge in [-0.15, -0.1) is 11.3 Å². The molecule has 7 heteroatoms. The summed E-state index contributed by atoms with van der Waals surface area (Å²) in [7, 11) is 1.76. The van der Waals surface area contributed by atoms with E-state index in [0.29, 0.717) is 12.0 Å². The fourth-order valence-electron chi connectivity index (χ4n) is 4.41. The molecule has 0 spiro atoms. The third-order valence-electron chi connectivity index (χ3n) is 5.96. The van der Waals surface area contributed by atoms with Crippen LogP contribution in [0.2, 0.25) is 0 Å². The summed E-state index contributed by atoms with van der Waals surface area (Å²) in [5.41, 5.74) is 2.30. The molecular weight excluding hydrogens is 394 g/mol. The number of carbonyl (C=O) groups is 1. The second kappa shape index (κ2) is 10.1. The molecule has 1 amide bonds. The predicted octanol–water partition coefficient (Wildman–Crippen LogP) is 3.03. The van der Waals surface area contributed by atoms with Crippen LogP contribution in [0.1, 0.15) is 35.7 Å². The predicted molar refractivity (Wildman–Crippen MR) is 124 cm³/mol. The summed E-state index contributed by atoms with van der Waals surface area (Å²) in [6.45, 7) is 4.08. The summed E-state index contributed by atoms with van der Waals surface area (Å²) >= 11 is 1.80. The van der Waals surface area contributed by atoms with Crippen molar-refractivity contribution in [1.29, 1.82) is 0 Å². The molecular formula is C23H31N5OS. The molecule has 0 saturated carbocycles. The van der Waals surface area contributed by atoms with Crippen molar-refractivity contribution >= 4 is 28.9 Å². The molecule has 1 atom stereocenters. The minimum Gasteiger partial charge on any atom is -0.354 e. The normalized spacial score (nSPS) is 18.2. The Bertz CT molecular complexity index is 860. The van der Waals surface area contributed by atoms with E-state index in [-0.39, 0.29) is 12.5 Å². The van der Waals surface area contributed by atoms with Gasteiger partial charge in [0.05, 0.1) is 12.6 Å². The Morgan fingerprint density at radius 2 is 1.93 bits per heavy atom. The van der Waals surface area contributed by atoms with Gasteiger partial charge >= 0.3 is 0 Å². The average molecular weight is 426 g/mol. The summed E-state index contributed by atoms with van der Waals surface area (Å²) in [5.74, 6) is 0.758. The van der Waals surface area contributed by atoms with Gasteiger partial charge in [0, 0.05) is 30.7 Å². The number of nitrogens with one attached hydrogen (secondary N) is 2. The smallest absolute Gasteiger partial charge is 0.246 e. The second-order valence-corrected chi connectivity index (χ2v) is 8.84. The number of para-hydroxylation sites is 1. The number of benzene rings is 1. The van der Waals surface area contributed by atoms with Crippen molar-refractivity contribution in [2.45, 2.75) is 31.7 Å². The lowest BCUT2D eigenvalue weighted by Crippen LogP contribution is -2.47. The average Bonchev–Trinajstić information content (AvgIpc) is 3.50. The van der Waals surface area contributed by atoms with Crippen LogP contribution in [-0.2, 0) is 11.2 Å². The Morgan fingerprint density at radius 1 is 1.10 bits per heavy atom. The van der Waals surface area contributed by atoms with Crippen LogP contribution < -0.4 is 15.5 Å². The number of rotatable bonds is 6. The van der Waals surface area contributed by atoms with Gasteiger partial charge < -0.3 is 15.5 Å². The van der Waals surface area contributed by atoms with Crippen molar-refractivity contribution in [3.05, 3.63) is 52.2 Å². The van der Waals surface area contributed by atoms with Crippen molar-refractivity contribution in [3.63, 3.8) is 0 Å². The highest BCUT2D eigenvalue weighted by Gasteiger charge is 2.25. The standard InChI is InChI=1S/C23H31N5OS/c1-24-23(25-16-20(21-11-7-15-30-21)27-12-4-5-13-27)26-17-22(29)28-14-6-9-18-8-2-3-10-19(18)28/h2-3,7-8,10-11,15,20H,4-6,9,12-14,16-17H2,1H3,(H2,24,25,26). The number of fused-ring (bicyclic) bond motifs is 1. The lowest BCUT2D eigenvalue weighted by molar-refractivity contribution is -0.117. The van der Waals surface area contributed by atoms with E-state index in [9.17, 15) is 4.79 Å². The highest BCUT2D eigenvalue weighted by Crippen LogP contribution is 2.28. The van der Waals surface area contributed by atoms with E-state index in [1.165, 1.54) is 23.3 Å². The summed E-state index contributed by atoms with van der Waals surface area (Å²) in [5, 5.41) is 8.81. The lowest BCUT2D eigenvalue weighted by Gasteiger charge is -2.30. The van der Waals surface area contributed by atoms with Crippen molar-refractivity contribution < 1.29 is 4.79 Å². The Balaban J connectivity index is 1.33. The molecule has 1 unspecified atom stereocenters. The number of hydrogen-bond donors (Lipinski definition) is 2. The molecule has 2 aliphatic heterocycles. The zero-order chi connectivity index (χ0) is 20.8. The van der Waals surface area contributed by atoms with Gasteiger partial charge in [0.2, 0.25) is 5.91 Å². The number of amides is 1. The number of aryl methyl sites for hydroxylation is 1. The second-order valence-electron chi connectivity index (χ2n) is 7.86. The molecule has 30 heavy (non-hydrogen) atoms. The van der Waals surface area contributed by atoms with Crippen molar-refractivity contribution in [2.75, 3.05) is 44.7 Å². The monoisotopic (exact) mass is 425 g/mol. The lowest BCUT2D eigenvalue weighted by atomic mass is 10.0. The first-order valence-electron chi connectivity index (χ1n) is 10.9. The van der Waals surface area contributed by atoms with Gasteiger partial charge in [-0.2, -0.15) is 0 Å². The SMILES string of the molecule is CN=C(NCC(=O)N1CCCc2ccccc21)NCC(c1cccs1)N1CCCC1. The quantitative estimate of drug-likeness (QED) is 0.552. The van der Waals surface area contributed by atoms with Crippen LogP contribution in [-0.4, -0.2) is 56.5 Å². The number of guanidine groups is 1. The van der Waals surface area contributed by atoms with Crippen molar-refractivity contribution in [1.82, 2.24) is 15.5 Å². The topological polar surface area (TPSA) is 60.0 Å². The molecule has 160 valence electrons. The van der Waals surface area contributed by atoms with Gasteiger partial charge in [0.25, 0.3) is 0 Å². The summed E-state index contributed by atoms with van der Waals surface area (Å²) in [6.07, 6.45) is 4.58. The maximum Gasteiger partial charge on any atom is 0.246 e. The number of nitrogens with zero attached hydrogens (tertiary/aromatic N) is 3. The third kappa shape index (κ3) is 4.84. The zero-order valence-corrected chi connectivity index (χ0v) is 18.5. The Hall–Kier alpha value is -2.38. The molecule has 1 aromatic heterocycles. The van der Waals surface area contributed by atoms with E-state index in [2.05, 4.69) is 44.1 Å². The van der Waals surface area contributed by atoms with Crippen LogP contribution >= 0.6 is 11.3 Å². The third-order valence-corrected chi connectivity index (χ3v) is 6.93. The van der Waals surface area contributed by atoms with Gasteiger partial charge in [-0.25, -0.2) is 0 Å². The highest BCUT2D eigenvalue weighted by molar-refractivity contribution is 7.10.